The summed E-state index contributed by atoms with van der Waals surface area (Å²) in [7, 11) is 1.83. The van der Waals surface area contributed by atoms with Gasteiger partial charge in [0, 0.05) is 12.7 Å². The second kappa shape index (κ2) is 8.17. The van der Waals surface area contributed by atoms with Gasteiger partial charge in [-0.05, 0) is 43.8 Å². The summed E-state index contributed by atoms with van der Waals surface area (Å²) in [5.41, 5.74) is 1.18. The van der Waals surface area contributed by atoms with Crippen molar-refractivity contribution in [2.45, 2.75) is 26.7 Å². The Morgan fingerprint density at radius 1 is 1.22 bits per heavy atom. The van der Waals surface area contributed by atoms with E-state index < -0.39 is 6.61 Å². The van der Waals surface area contributed by atoms with Gasteiger partial charge in [-0.3, -0.25) is 9.30 Å². The largest absolute Gasteiger partial charge is 0.490 e. The van der Waals surface area contributed by atoms with Crippen LogP contribution < -0.4 is 15.2 Å². The average Bonchev–Trinajstić information content (AvgIpc) is 2.93. The molecule has 0 saturated carbocycles. The van der Waals surface area contributed by atoms with Crippen molar-refractivity contribution >= 4 is 5.65 Å². The molecule has 0 aliphatic carbocycles. The highest BCUT2D eigenvalue weighted by molar-refractivity contribution is 5.43. The Morgan fingerprint density at radius 2 is 2.04 bits per heavy atom. The number of hydrogen-bond donors (Lipinski definition) is 0. The predicted octanol–water partition coefficient (Wildman–Crippen LogP) is 2.59. The summed E-state index contributed by atoms with van der Waals surface area (Å²) in [5, 5.41) is 4.29. The summed E-state index contributed by atoms with van der Waals surface area (Å²) in [6.07, 6.45) is 1.66. The lowest BCUT2D eigenvalue weighted by Gasteiger charge is -2.18. The number of hydrogen-bond acceptors (Lipinski definition) is 5. The van der Waals surface area contributed by atoms with Crippen molar-refractivity contribution in [1.82, 2.24) is 19.1 Å². The number of alkyl halides is 2. The van der Waals surface area contributed by atoms with Gasteiger partial charge in [0.05, 0.1) is 13.3 Å². The van der Waals surface area contributed by atoms with Crippen LogP contribution >= 0.6 is 0 Å². The topological polar surface area (TPSA) is 61.0 Å². The van der Waals surface area contributed by atoms with Crippen molar-refractivity contribution < 1.29 is 18.3 Å². The molecular weight excluding hydrogens is 358 g/mol. The molecule has 3 aromatic rings. The minimum Gasteiger partial charge on any atom is -0.490 e. The quantitative estimate of drug-likeness (QED) is 0.603. The summed E-state index contributed by atoms with van der Waals surface area (Å²) in [5.74, 6) is 0.253. The van der Waals surface area contributed by atoms with Gasteiger partial charge >= 0.3 is 12.3 Å². The number of aromatic nitrogens is 3. The molecule has 1 aromatic carbocycles. The van der Waals surface area contributed by atoms with E-state index in [0.29, 0.717) is 18.8 Å². The van der Waals surface area contributed by atoms with Crippen LogP contribution in [0.25, 0.3) is 5.65 Å². The summed E-state index contributed by atoms with van der Waals surface area (Å²) in [4.78, 5) is 14.2. The van der Waals surface area contributed by atoms with Crippen molar-refractivity contribution in [1.29, 1.82) is 0 Å². The molecule has 0 atom stereocenters. The maximum absolute atomic E-state index is 12.5. The maximum Gasteiger partial charge on any atom is 0.387 e. The molecule has 7 nitrogen and oxygen atoms in total. The van der Waals surface area contributed by atoms with E-state index in [1.807, 2.05) is 18.0 Å². The van der Waals surface area contributed by atoms with Crippen LogP contribution in [0.4, 0.5) is 8.78 Å². The van der Waals surface area contributed by atoms with E-state index in [-0.39, 0.29) is 23.9 Å². The monoisotopic (exact) mass is 378 g/mol. The third-order valence-electron chi connectivity index (χ3n) is 3.84. The first-order valence-corrected chi connectivity index (χ1v) is 8.41. The van der Waals surface area contributed by atoms with Gasteiger partial charge in [0.2, 0.25) is 0 Å². The zero-order valence-electron chi connectivity index (χ0n) is 15.0. The average molecular weight is 378 g/mol. The summed E-state index contributed by atoms with van der Waals surface area (Å²) in [6.45, 7) is -0.0783. The number of fused-ring (bicyclic) bond motifs is 1. The lowest BCUT2D eigenvalue weighted by atomic mass is 10.2. The van der Waals surface area contributed by atoms with E-state index >= 15 is 0 Å². The van der Waals surface area contributed by atoms with E-state index in [9.17, 15) is 13.6 Å². The molecule has 3 rings (SSSR count). The molecule has 0 fully saturated rings. The van der Waals surface area contributed by atoms with E-state index in [0.717, 1.165) is 5.56 Å². The van der Waals surface area contributed by atoms with Crippen LogP contribution in [-0.4, -0.2) is 39.3 Å². The Bertz CT molecular complexity index is 971. The number of benzene rings is 1. The zero-order chi connectivity index (χ0) is 19.4. The standard InChI is InChI=1S/C18H20F2N4O3/c1-3-26-15-10-13(7-8-14(15)27-17(19)20)11-22(2)12-24-18(25)23-9-5-4-6-16(23)21-24/h4-10,17H,3,11-12H2,1-2H3. The first-order chi connectivity index (χ1) is 13.0. The fraction of sp³-hybridized carbons (Fsp3) is 0.333. The summed E-state index contributed by atoms with van der Waals surface area (Å²) >= 11 is 0. The van der Waals surface area contributed by atoms with Gasteiger partial charge in [0.1, 0.15) is 0 Å². The molecule has 2 aromatic heterocycles. The fourth-order valence-electron chi connectivity index (χ4n) is 2.76. The Hall–Kier alpha value is -2.94. The molecule has 9 heteroatoms. The maximum atomic E-state index is 12.5. The van der Waals surface area contributed by atoms with E-state index in [2.05, 4.69) is 9.84 Å². The van der Waals surface area contributed by atoms with Gasteiger partial charge in [0.25, 0.3) is 0 Å². The smallest absolute Gasteiger partial charge is 0.387 e. The predicted molar refractivity (Wildman–Crippen MR) is 95.2 cm³/mol. The molecule has 0 radical (unpaired) electrons. The lowest BCUT2D eigenvalue weighted by molar-refractivity contribution is -0.0514. The molecule has 144 valence electrons. The van der Waals surface area contributed by atoms with Crippen molar-refractivity contribution in [3.8, 4) is 11.5 Å². The Balaban J connectivity index is 1.74. The van der Waals surface area contributed by atoms with Gasteiger partial charge in [-0.2, -0.15) is 13.5 Å². The van der Waals surface area contributed by atoms with Crippen molar-refractivity contribution in [3.63, 3.8) is 0 Å². The number of halogens is 2. The zero-order valence-corrected chi connectivity index (χ0v) is 15.0. The Kier molecular flexibility index (Phi) is 5.70. The van der Waals surface area contributed by atoms with E-state index in [1.54, 1.807) is 37.4 Å². The lowest BCUT2D eigenvalue weighted by Crippen LogP contribution is -2.30. The molecule has 0 unspecified atom stereocenters. The molecule has 0 aliphatic heterocycles. The van der Waals surface area contributed by atoms with Crippen molar-refractivity contribution in [3.05, 3.63) is 58.6 Å². The molecule has 0 saturated heterocycles. The highest BCUT2D eigenvalue weighted by atomic mass is 19.3. The highest BCUT2D eigenvalue weighted by Gasteiger charge is 2.13. The third-order valence-corrected chi connectivity index (χ3v) is 3.84. The van der Waals surface area contributed by atoms with Crippen LogP contribution in [0.3, 0.4) is 0 Å². The van der Waals surface area contributed by atoms with Gasteiger partial charge < -0.3 is 9.47 Å². The third kappa shape index (κ3) is 4.43. The molecule has 0 bridgehead atoms. The summed E-state index contributed by atoms with van der Waals surface area (Å²) < 4.78 is 37.7. The van der Waals surface area contributed by atoms with Gasteiger partial charge in [-0.25, -0.2) is 4.79 Å². The second-order valence-electron chi connectivity index (χ2n) is 5.96. The minimum atomic E-state index is -2.92. The fourth-order valence-corrected chi connectivity index (χ4v) is 2.76. The summed E-state index contributed by atoms with van der Waals surface area (Å²) in [6, 6.07) is 10.1. The molecule has 2 heterocycles. The van der Waals surface area contributed by atoms with Crippen LogP contribution in [0.1, 0.15) is 12.5 Å². The number of pyridine rings is 1. The van der Waals surface area contributed by atoms with E-state index in [1.165, 1.54) is 15.1 Å². The van der Waals surface area contributed by atoms with E-state index in [4.69, 9.17) is 4.74 Å². The van der Waals surface area contributed by atoms with Crippen LogP contribution in [0.5, 0.6) is 11.5 Å². The first kappa shape index (κ1) is 18.8. The molecule has 0 N–H and O–H groups in total. The Morgan fingerprint density at radius 3 is 2.74 bits per heavy atom. The molecule has 0 aliphatic rings. The SMILES string of the molecule is CCOc1cc(CN(C)Cn2nc3ccccn3c2=O)ccc1OC(F)F. The van der Waals surface area contributed by atoms with Crippen LogP contribution in [0, 0.1) is 0 Å². The minimum absolute atomic E-state index is 0.00479. The second-order valence-corrected chi connectivity index (χ2v) is 5.96. The normalized spacial score (nSPS) is 11.5. The van der Waals surface area contributed by atoms with Crippen LogP contribution in [0.2, 0.25) is 0 Å². The molecule has 0 spiro atoms. The van der Waals surface area contributed by atoms with Crippen molar-refractivity contribution in [2.75, 3.05) is 13.7 Å². The molecular formula is C18H20F2N4O3. The first-order valence-electron chi connectivity index (χ1n) is 8.41. The van der Waals surface area contributed by atoms with Crippen molar-refractivity contribution in [2.24, 2.45) is 0 Å². The van der Waals surface area contributed by atoms with Gasteiger partial charge in [-0.15, -0.1) is 5.10 Å². The molecule has 27 heavy (non-hydrogen) atoms. The number of ether oxygens (including phenoxy) is 2. The Labute approximate surface area is 154 Å². The van der Waals surface area contributed by atoms with Crippen LogP contribution in [-0.2, 0) is 13.2 Å². The number of nitrogens with zero attached hydrogens (tertiary/aromatic N) is 4. The number of rotatable bonds is 8. The van der Waals surface area contributed by atoms with Crippen LogP contribution in [0.15, 0.2) is 47.4 Å². The molecule has 0 amide bonds. The van der Waals surface area contributed by atoms with Gasteiger partial charge in [0.15, 0.2) is 17.1 Å². The van der Waals surface area contributed by atoms with Gasteiger partial charge in [-0.1, -0.05) is 12.1 Å². The highest BCUT2D eigenvalue weighted by Crippen LogP contribution is 2.30.